The molecule has 0 atom stereocenters. The Bertz CT molecular complexity index is 172. The first-order chi connectivity index (χ1) is 4.50. The molecule has 0 saturated heterocycles. The molecule has 0 aliphatic carbocycles. The monoisotopic (exact) mass is 167 g/mol. The Balaban J connectivity index is 0. The van der Waals surface area contributed by atoms with E-state index in [9.17, 15) is 9.90 Å². The summed E-state index contributed by atoms with van der Waals surface area (Å²) in [6.45, 7) is 1.62. The third-order valence-electron chi connectivity index (χ3n) is 0.303. The second kappa shape index (κ2) is 8.12. The molecule has 0 heterocycles. The molecule has 1 N–H and O–H groups in total. The minimum absolute atomic E-state index is 0.972. The first-order valence-corrected chi connectivity index (χ1v) is 3.30. The van der Waals surface area contributed by atoms with E-state index in [1.54, 1.807) is 6.92 Å². The van der Waals surface area contributed by atoms with Crippen molar-refractivity contribution in [2.24, 2.45) is 0 Å². The number of hydrogen-bond donors (Lipinski definition) is 2. The van der Waals surface area contributed by atoms with Crippen LogP contribution in [0.25, 0.3) is 0 Å². The predicted octanol–water partition coefficient (Wildman–Crippen LogP) is -0.410. The molecule has 0 spiro atoms. The highest BCUT2D eigenvalue weighted by molar-refractivity contribution is 7.66. The van der Waals surface area contributed by atoms with Crippen molar-refractivity contribution in [3.63, 3.8) is 0 Å². The molecular formula is C4H7O5S. The van der Waals surface area contributed by atoms with Gasteiger partial charge in [-0.2, -0.15) is 0 Å². The maximum Gasteiger partial charge on any atom is 0.378 e. The van der Waals surface area contributed by atoms with Gasteiger partial charge in [-0.25, -0.2) is 18.3 Å². The Morgan fingerprint density at radius 3 is 1.80 bits per heavy atom. The summed E-state index contributed by atoms with van der Waals surface area (Å²) in [5.41, 5.74) is 0. The van der Waals surface area contributed by atoms with E-state index in [0.29, 0.717) is 0 Å². The zero-order chi connectivity index (χ0) is 8.57. The number of rotatable bonds is 1. The van der Waals surface area contributed by atoms with Crippen LogP contribution in [0.3, 0.4) is 0 Å². The summed E-state index contributed by atoms with van der Waals surface area (Å²) < 4.78 is 24.2. The molecule has 0 aromatic carbocycles. The van der Waals surface area contributed by atoms with Gasteiger partial charge >= 0.3 is 5.97 Å². The van der Waals surface area contributed by atoms with Crippen LogP contribution in [0, 0.1) is 0 Å². The van der Waals surface area contributed by atoms with E-state index >= 15 is 0 Å². The lowest BCUT2D eigenvalue weighted by Crippen LogP contribution is -1.80. The van der Waals surface area contributed by atoms with Crippen molar-refractivity contribution in [1.29, 1.82) is 0 Å². The molecular weight excluding hydrogens is 160 g/mol. The van der Waals surface area contributed by atoms with E-state index in [1.807, 2.05) is 0 Å². The van der Waals surface area contributed by atoms with Gasteiger partial charge < -0.3 is 0 Å². The highest BCUT2D eigenvalue weighted by Gasteiger charge is 1.81. The molecule has 0 unspecified atom stereocenters. The third kappa shape index (κ3) is 59.3. The largest absolute Gasteiger partial charge is 0.378 e. The summed E-state index contributed by atoms with van der Waals surface area (Å²) in [7, 11) is -3.12. The highest BCUT2D eigenvalue weighted by Crippen LogP contribution is 1.66. The molecule has 10 heavy (non-hydrogen) atoms. The summed E-state index contributed by atoms with van der Waals surface area (Å²) in [4.78, 5) is 9.40. The van der Waals surface area contributed by atoms with Crippen LogP contribution < -0.4 is 0 Å². The fraction of sp³-hybridized carbons (Fsp3) is 0.250. The molecule has 0 aromatic heterocycles. The van der Waals surface area contributed by atoms with Crippen molar-refractivity contribution in [1.82, 2.24) is 0 Å². The molecule has 1 radical (unpaired) electrons. The fourth-order valence-electron chi connectivity index (χ4n) is 0.136. The zero-order valence-electron chi connectivity index (χ0n) is 5.18. The molecule has 5 nitrogen and oxygen atoms in total. The number of allylic oxidation sites excluding steroid dienone is 1. The summed E-state index contributed by atoms with van der Waals surface area (Å²) in [5.74, 6) is -1.14. The van der Waals surface area contributed by atoms with Gasteiger partial charge in [0.25, 0.3) is 11.0 Å². The van der Waals surface area contributed by atoms with Crippen molar-refractivity contribution in [3.05, 3.63) is 12.2 Å². The second-order valence-electron chi connectivity index (χ2n) is 1.06. The van der Waals surface area contributed by atoms with Crippen LogP contribution >= 0.6 is 0 Å². The van der Waals surface area contributed by atoms with E-state index in [-0.39, 0.29) is 0 Å². The Labute approximate surface area is 59.8 Å². The van der Waals surface area contributed by atoms with Gasteiger partial charge in [0.1, 0.15) is 0 Å². The number of carbonyl (C=O) groups excluding carboxylic acids is 1. The molecule has 0 fully saturated rings. The Kier molecular flexibility index (Phi) is 9.63. The molecule has 0 saturated carbocycles. The van der Waals surface area contributed by atoms with Crippen LogP contribution in [-0.2, 0) is 20.9 Å². The standard InChI is InChI=1S/C4H5O2.H2O3S/c1-2-3-4(5)6;1-4(2)3/h2-3H,1H3;4H,(H,1,2,3). The van der Waals surface area contributed by atoms with Crippen molar-refractivity contribution in [2.45, 2.75) is 6.92 Å². The van der Waals surface area contributed by atoms with Gasteiger partial charge in [-0.15, -0.1) is 0 Å². The average molecular weight is 167 g/mol. The second-order valence-corrected chi connectivity index (χ2v) is 1.53. The number of thiol groups is 1. The Hall–Kier alpha value is -0.880. The van der Waals surface area contributed by atoms with Crippen molar-refractivity contribution >= 4 is 17.0 Å². The van der Waals surface area contributed by atoms with Crippen LogP contribution in [-0.4, -0.2) is 18.9 Å². The van der Waals surface area contributed by atoms with Gasteiger partial charge in [-0.3, -0.25) is 4.55 Å². The minimum Gasteiger partial charge on any atom is -0.288 e. The van der Waals surface area contributed by atoms with Gasteiger partial charge in [-0.1, -0.05) is 6.08 Å². The smallest absolute Gasteiger partial charge is 0.288 e. The number of carbonyl (C=O) groups is 1. The fourth-order valence-corrected chi connectivity index (χ4v) is 0.136. The summed E-state index contributed by atoms with van der Waals surface area (Å²) >= 11 is 0. The maximum absolute atomic E-state index is 9.40. The van der Waals surface area contributed by atoms with E-state index < -0.39 is 17.0 Å². The molecule has 0 aliphatic heterocycles. The third-order valence-corrected chi connectivity index (χ3v) is 0.303. The molecule has 0 rings (SSSR count). The van der Waals surface area contributed by atoms with E-state index in [2.05, 4.69) is 0 Å². The summed E-state index contributed by atoms with van der Waals surface area (Å²) in [6.07, 6.45) is 2.38. The van der Waals surface area contributed by atoms with Crippen molar-refractivity contribution < 1.29 is 22.9 Å². The Morgan fingerprint density at radius 2 is 1.80 bits per heavy atom. The van der Waals surface area contributed by atoms with E-state index in [0.717, 1.165) is 6.08 Å². The summed E-state index contributed by atoms with van der Waals surface area (Å²) in [6, 6.07) is 0. The first-order valence-electron chi connectivity index (χ1n) is 2.17. The van der Waals surface area contributed by atoms with Crippen LogP contribution in [0.15, 0.2) is 12.2 Å². The van der Waals surface area contributed by atoms with Gasteiger partial charge in [0.05, 0.1) is 0 Å². The number of hydrogen-bond acceptors (Lipinski definition) is 3. The molecule has 0 aromatic rings. The lowest BCUT2D eigenvalue weighted by Gasteiger charge is -1.62. The zero-order valence-corrected chi connectivity index (χ0v) is 6.08. The van der Waals surface area contributed by atoms with Crippen LogP contribution in [0.5, 0.6) is 0 Å². The van der Waals surface area contributed by atoms with Crippen LogP contribution in [0.2, 0.25) is 0 Å². The Morgan fingerprint density at radius 1 is 1.50 bits per heavy atom. The van der Waals surface area contributed by atoms with E-state index in [1.165, 1.54) is 6.08 Å². The SMILES string of the molecule is CC=CC([O])=O.O=[SH](=O)O. The molecule has 0 aliphatic rings. The molecule has 6 heteroatoms. The van der Waals surface area contributed by atoms with Crippen molar-refractivity contribution in [3.8, 4) is 0 Å². The molecule has 0 bridgehead atoms. The van der Waals surface area contributed by atoms with Gasteiger partial charge in [0, 0.05) is 6.08 Å². The normalized spacial score (nSPS) is 9.10. The molecule has 59 valence electrons. The predicted molar refractivity (Wildman–Crippen MR) is 33.5 cm³/mol. The maximum atomic E-state index is 9.40. The van der Waals surface area contributed by atoms with E-state index in [4.69, 9.17) is 13.0 Å². The van der Waals surface area contributed by atoms with Gasteiger partial charge in [-0.05, 0) is 6.92 Å². The molecule has 0 amide bonds. The quantitative estimate of drug-likeness (QED) is 0.315. The lowest BCUT2D eigenvalue weighted by molar-refractivity contribution is -0.137. The average Bonchev–Trinajstić information content (AvgIpc) is 1.62. The van der Waals surface area contributed by atoms with Gasteiger partial charge in [0.15, 0.2) is 0 Å². The summed E-state index contributed by atoms with van der Waals surface area (Å²) in [5, 5.41) is 9.40. The highest BCUT2D eigenvalue weighted by atomic mass is 32.2. The van der Waals surface area contributed by atoms with Crippen molar-refractivity contribution in [2.75, 3.05) is 0 Å². The minimum atomic E-state index is -3.12. The van der Waals surface area contributed by atoms with Crippen LogP contribution in [0.1, 0.15) is 6.92 Å². The topological polar surface area (TPSA) is 91.3 Å². The lowest BCUT2D eigenvalue weighted by atomic mass is 10.5. The van der Waals surface area contributed by atoms with Crippen LogP contribution in [0.4, 0.5) is 0 Å². The van der Waals surface area contributed by atoms with Gasteiger partial charge in [0.2, 0.25) is 0 Å². The first kappa shape index (κ1) is 11.9.